The van der Waals surface area contributed by atoms with Crippen molar-refractivity contribution in [3.8, 4) is 11.1 Å². The van der Waals surface area contributed by atoms with Gasteiger partial charge in [0.1, 0.15) is 0 Å². The normalized spacial score (nSPS) is 27.4. The summed E-state index contributed by atoms with van der Waals surface area (Å²) >= 11 is 0. The van der Waals surface area contributed by atoms with Crippen LogP contribution in [0.15, 0.2) is 75.9 Å². The standard InChI is InChI=1S/C25H26N4O/c1-4-25(19-7-5-6-17(13-19)18-8-9-26-16(3)12-18)20-14-27-29-24(20)28-21-10-15(2)11-22(30)23(21)25/h5-9,12-15,24,28H,4,10-11H2,1-3H3/t15-,24?,25-/m1/s1. The van der Waals surface area contributed by atoms with Crippen molar-refractivity contribution in [1.29, 1.82) is 0 Å². The van der Waals surface area contributed by atoms with E-state index in [0.29, 0.717) is 12.3 Å². The topological polar surface area (TPSA) is 66.7 Å². The fraction of sp³-hybridized carbons (Fsp3) is 0.360. The Labute approximate surface area is 177 Å². The van der Waals surface area contributed by atoms with Crippen LogP contribution in [0.25, 0.3) is 11.1 Å². The van der Waals surface area contributed by atoms with E-state index in [1.807, 2.05) is 25.4 Å². The summed E-state index contributed by atoms with van der Waals surface area (Å²) in [6.45, 7) is 6.31. The van der Waals surface area contributed by atoms with Gasteiger partial charge < -0.3 is 5.32 Å². The highest BCUT2D eigenvalue weighted by atomic mass is 16.1. The summed E-state index contributed by atoms with van der Waals surface area (Å²) < 4.78 is 0. The van der Waals surface area contributed by atoms with Gasteiger partial charge in [0, 0.05) is 35.2 Å². The number of azo groups is 1. The lowest BCUT2D eigenvalue weighted by molar-refractivity contribution is -0.117. The average Bonchev–Trinajstić information content (AvgIpc) is 3.21. The maximum Gasteiger partial charge on any atom is 0.164 e. The first-order valence-electron chi connectivity index (χ1n) is 10.7. The second kappa shape index (κ2) is 7.01. The monoisotopic (exact) mass is 398 g/mol. The number of pyridine rings is 1. The maximum absolute atomic E-state index is 13.4. The molecule has 3 heterocycles. The van der Waals surface area contributed by atoms with E-state index in [-0.39, 0.29) is 11.9 Å². The number of ketones is 1. The smallest absolute Gasteiger partial charge is 0.164 e. The first-order valence-corrected chi connectivity index (χ1v) is 10.7. The lowest BCUT2D eigenvalue weighted by Crippen LogP contribution is -2.50. The van der Waals surface area contributed by atoms with E-state index in [4.69, 9.17) is 0 Å². The molecular formula is C25H26N4O. The Morgan fingerprint density at radius 2 is 2.00 bits per heavy atom. The zero-order valence-corrected chi connectivity index (χ0v) is 17.6. The summed E-state index contributed by atoms with van der Waals surface area (Å²) in [5.41, 5.74) is 6.94. The molecule has 1 unspecified atom stereocenters. The van der Waals surface area contributed by atoms with E-state index >= 15 is 0 Å². The lowest BCUT2D eigenvalue weighted by atomic mass is 9.60. The van der Waals surface area contributed by atoms with E-state index in [0.717, 1.165) is 52.1 Å². The van der Waals surface area contributed by atoms with Gasteiger partial charge >= 0.3 is 0 Å². The molecule has 30 heavy (non-hydrogen) atoms. The number of hydrogen-bond donors (Lipinski definition) is 1. The zero-order chi connectivity index (χ0) is 20.9. The van der Waals surface area contributed by atoms with Crippen LogP contribution in [0, 0.1) is 12.8 Å². The number of allylic oxidation sites excluding steroid dienone is 2. The molecule has 1 N–H and O–H groups in total. The quantitative estimate of drug-likeness (QED) is 0.769. The molecule has 0 radical (unpaired) electrons. The molecule has 5 rings (SSSR count). The van der Waals surface area contributed by atoms with Gasteiger partial charge in [0.2, 0.25) is 0 Å². The molecule has 1 aliphatic carbocycles. The van der Waals surface area contributed by atoms with E-state index in [1.165, 1.54) is 0 Å². The van der Waals surface area contributed by atoms with Crippen molar-refractivity contribution in [3.63, 3.8) is 0 Å². The molecule has 0 spiro atoms. The van der Waals surface area contributed by atoms with Crippen molar-refractivity contribution in [1.82, 2.24) is 10.3 Å². The van der Waals surface area contributed by atoms with Gasteiger partial charge in [0.05, 0.1) is 11.6 Å². The largest absolute Gasteiger partial charge is 0.362 e. The number of carbonyl (C=O) groups excluding carboxylic acids is 1. The zero-order valence-electron chi connectivity index (χ0n) is 17.6. The van der Waals surface area contributed by atoms with Gasteiger partial charge in [0.25, 0.3) is 0 Å². The molecule has 0 saturated carbocycles. The van der Waals surface area contributed by atoms with Crippen molar-refractivity contribution in [2.45, 2.75) is 51.6 Å². The number of hydrogen-bond acceptors (Lipinski definition) is 5. The van der Waals surface area contributed by atoms with Crippen molar-refractivity contribution in [3.05, 3.63) is 76.9 Å². The molecular weight excluding hydrogens is 372 g/mol. The minimum atomic E-state index is -0.496. The minimum Gasteiger partial charge on any atom is -0.362 e. The summed E-state index contributed by atoms with van der Waals surface area (Å²) in [4.78, 5) is 17.7. The SMILES string of the molecule is CC[C@@]1(c2cccc(-c3ccnc(C)c3)c2)C2=CN=NC2NC2=C1C(=O)C[C@H](C)C2. The van der Waals surface area contributed by atoms with Crippen LogP contribution in [0.5, 0.6) is 0 Å². The number of benzene rings is 1. The van der Waals surface area contributed by atoms with Gasteiger partial charge in [-0.05, 0) is 60.6 Å². The number of fused-ring (bicyclic) bond motifs is 1. The maximum atomic E-state index is 13.4. The van der Waals surface area contributed by atoms with Crippen LogP contribution >= 0.6 is 0 Å². The molecule has 2 aromatic rings. The van der Waals surface area contributed by atoms with Gasteiger partial charge in [-0.25, -0.2) is 0 Å². The van der Waals surface area contributed by atoms with Gasteiger partial charge in [-0.3, -0.25) is 9.78 Å². The second-order valence-corrected chi connectivity index (χ2v) is 8.68. The van der Waals surface area contributed by atoms with Crippen molar-refractivity contribution >= 4 is 5.78 Å². The average molecular weight is 399 g/mol. The Kier molecular flexibility index (Phi) is 4.42. The van der Waals surface area contributed by atoms with Crippen LogP contribution in [-0.4, -0.2) is 16.9 Å². The van der Waals surface area contributed by atoms with E-state index in [9.17, 15) is 4.79 Å². The summed E-state index contributed by atoms with van der Waals surface area (Å²) in [6, 6.07) is 12.7. The number of Topliss-reactive ketones (excluding diaryl/α,β-unsaturated/α-hetero) is 1. The molecule has 1 aromatic carbocycles. The van der Waals surface area contributed by atoms with Crippen LogP contribution in [0.2, 0.25) is 0 Å². The van der Waals surface area contributed by atoms with Crippen LogP contribution < -0.4 is 5.32 Å². The molecule has 0 saturated heterocycles. The summed E-state index contributed by atoms with van der Waals surface area (Å²) in [5.74, 6) is 0.586. The molecule has 1 aromatic heterocycles. The lowest BCUT2D eigenvalue weighted by Gasteiger charge is -2.46. The van der Waals surface area contributed by atoms with Gasteiger partial charge in [0.15, 0.2) is 11.9 Å². The summed E-state index contributed by atoms with van der Waals surface area (Å²) in [5, 5.41) is 12.2. The molecule has 3 atom stereocenters. The molecule has 0 amide bonds. The third-order valence-corrected chi connectivity index (χ3v) is 6.69. The van der Waals surface area contributed by atoms with Gasteiger partial charge in [-0.15, -0.1) is 0 Å². The highest BCUT2D eigenvalue weighted by Crippen LogP contribution is 2.52. The minimum absolute atomic E-state index is 0.186. The number of nitrogens with one attached hydrogen (secondary N) is 1. The Balaban J connectivity index is 1.73. The van der Waals surface area contributed by atoms with Crippen LogP contribution in [0.4, 0.5) is 0 Å². The van der Waals surface area contributed by atoms with E-state index in [2.05, 4.69) is 64.7 Å². The predicted octanol–water partition coefficient (Wildman–Crippen LogP) is 5.24. The third kappa shape index (κ3) is 2.76. The Hall–Kier alpha value is -3.08. The molecule has 5 nitrogen and oxygen atoms in total. The Bertz CT molecular complexity index is 1130. The molecule has 0 bridgehead atoms. The molecule has 5 heteroatoms. The third-order valence-electron chi connectivity index (χ3n) is 6.69. The first kappa shape index (κ1) is 18.9. The van der Waals surface area contributed by atoms with Crippen molar-refractivity contribution in [2.75, 3.05) is 0 Å². The predicted molar refractivity (Wildman–Crippen MR) is 117 cm³/mol. The number of aryl methyl sites for hydroxylation is 1. The van der Waals surface area contributed by atoms with Crippen LogP contribution in [0.3, 0.4) is 0 Å². The second-order valence-electron chi connectivity index (χ2n) is 8.68. The fourth-order valence-electron chi connectivity index (χ4n) is 5.38. The van der Waals surface area contributed by atoms with Crippen molar-refractivity contribution < 1.29 is 4.79 Å². The molecule has 0 fully saturated rings. The molecule has 152 valence electrons. The van der Waals surface area contributed by atoms with E-state index < -0.39 is 5.41 Å². The molecule has 2 aliphatic heterocycles. The Morgan fingerprint density at radius 3 is 2.80 bits per heavy atom. The highest BCUT2D eigenvalue weighted by molar-refractivity contribution is 6.01. The first-order chi connectivity index (χ1) is 14.5. The van der Waals surface area contributed by atoms with E-state index in [1.54, 1.807) is 0 Å². The van der Waals surface area contributed by atoms with Gasteiger partial charge in [-0.1, -0.05) is 32.0 Å². The highest BCUT2D eigenvalue weighted by Gasteiger charge is 2.51. The number of aromatic nitrogens is 1. The molecule has 3 aliphatic rings. The number of nitrogens with zero attached hydrogens (tertiary/aromatic N) is 3. The Morgan fingerprint density at radius 1 is 1.17 bits per heavy atom. The number of rotatable bonds is 3. The summed E-state index contributed by atoms with van der Waals surface area (Å²) in [7, 11) is 0. The summed E-state index contributed by atoms with van der Waals surface area (Å²) in [6.07, 6.45) is 5.79. The van der Waals surface area contributed by atoms with Crippen molar-refractivity contribution in [2.24, 2.45) is 16.1 Å². The van der Waals surface area contributed by atoms with Crippen LogP contribution in [-0.2, 0) is 10.2 Å². The van der Waals surface area contributed by atoms with Crippen LogP contribution in [0.1, 0.15) is 44.4 Å². The fourth-order valence-corrected chi connectivity index (χ4v) is 5.38. The van der Waals surface area contributed by atoms with Gasteiger partial charge in [-0.2, -0.15) is 10.2 Å². The number of carbonyl (C=O) groups is 1.